The Hall–Kier alpha value is -0.730. The lowest BCUT2D eigenvalue weighted by Gasteiger charge is -2.08. The molecule has 0 aliphatic carbocycles. The number of pyridine rings is 1. The van der Waals surface area contributed by atoms with E-state index in [1.807, 2.05) is 12.1 Å². The molecule has 0 fully saturated rings. The SMILES string of the molecule is COCCOCCOCc1ccc2c(Br)cc(Br)c(O)c2n1. The van der Waals surface area contributed by atoms with Crippen molar-refractivity contribution in [2.45, 2.75) is 6.61 Å². The van der Waals surface area contributed by atoms with Gasteiger partial charge in [-0.05, 0) is 34.1 Å². The Morgan fingerprint density at radius 3 is 2.55 bits per heavy atom. The number of phenolic OH excluding ortho intramolecular Hbond substituents is 1. The Kier molecular flexibility index (Phi) is 7.04. The first-order valence-electron chi connectivity index (χ1n) is 6.74. The highest BCUT2D eigenvalue weighted by atomic mass is 79.9. The number of rotatable bonds is 8. The quantitative estimate of drug-likeness (QED) is 0.642. The zero-order valence-electron chi connectivity index (χ0n) is 12.1. The highest BCUT2D eigenvalue weighted by molar-refractivity contribution is 9.11. The fourth-order valence-corrected chi connectivity index (χ4v) is 3.14. The van der Waals surface area contributed by atoms with Crippen LogP contribution in [0.2, 0.25) is 0 Å². The Bertz CT molecular complexity index is 636. The smallest absolute Gasteiger partial charge is 0.156 e. The number of fused-ring (bicyclic) bond motifs is 1. The van der Waals surface area contributed by atoms with E-state index in [4.69, 9.17) is 14.2 Å². The Morgan fingerprint density at radius 1 is 1.05 bits per heavy atom. The van der Waals surface area contributed by atoms with Crippen LogP contribution in [0.25, 0.3) is 10.9 Å². The molecule has 1 heterocycles. The summed E-state index contributed by atoms with van der Waals surface area (Å²) < 4.78 is 17.2. The molecule has 0 unspecified atom stereocenters. The van der Waals surface area contributed by atoms with Crippen molar-refractivity contribution in [3.8, 4) is 5.75 Å². The molecule has 120 valence electrons. The number of nitrogens with zero attached hydrogens (tertiary/aromatic N) is 1. The standard InChI is InChI=1S/C15H17Br2NO4/c1-20-4-5-21-6-7-22-9-10-2-3-11-12(16)8-13(17)15(19)14(11)18-10/h2-3,8,19H,4-7,9H2,1H3. The number of benzene rings is 1. The predicted molar refractivity (Wildman–Crippen MR) is 91.2 cm³/mol. The maximum absolute atomic E-state index is 10.1. The van der Waals surface area contributed by atoms with Gasteiger partial charge in [0.05, 0.1) is 43.2 Å². The molecule has 0 bridgehead atoms. The van der Waals surface area contributed by atoms with Gasteiger partial charge in [0.15, 0.2) is 5.75 Å². The molecule has 0 spiro atoms. The van der Waals surface area contributed by atoms with Gasteiger partial charge in [-0.25, -0.2) is 4.98 Å². The number of methoxy groups -OCH3 is 1. The van der Waals surface area contributed by atoms with Gasteiger partial charge in [-0.15, -0.1) is 0 Å². The molecule has 2 aromatic rings. The van der Waals surface area contributed by atoms with Gasteiger partial charge >= 0.3 is 0 Å². The summed E-state index contributed by atoms with van der Waals surface area (Å²) in [6.07, 6.45) is 0. The van der Waals surface area contributed by atoms with Crippen LogP contribution in [0.4, 0.5) is 0 Å². The molecule has 1 aromatic carbocycles. The molecular formula is C15H17Br2NO4. The van der Waals surface area contributed by atoms with E-state index in [0.717, 1.165) is 15.6 Å². The molecule has 5 nitrogen and oxygen atoms in total. The first kappa shape index (κ1) is 17.6. The van der Waals surface area contributed by atoms with E-state index in [0.29, 0.717) is 43.0 Å². The number of aromatic hydroxyl groups is 1. The van der Waals surface area contributed by atoms with Gasteiger partial charge in [0, 0.05) is 17.0 Å². The van der Waals surface area contributed by atoms with Crippen molar-refractivity contribution < 1.29 is 19.3 Å². The lowest BCUT2D eigenvalue weighted by molar-refractivity contribution is 0.0193. The summed E-state index contributed by atoms with van der Waals surface area (Å²) in [7, 11) is 1.64. The van der Waals surface area contributed by atoms with Crippen LogP contribution in [0.5, 0.6) is 5.75 Å². The van der Waals surface area contributed by atoms with Crippen LogP contribution in [-0.4, -0.2) is 43.6 Å². The molecular weight excluding hydrogens is 418 g/mol. The summed E-state index contributed by atoms with van der Waals surface area (Å²) in [4.78, 5) is 4.45. The Balaban J connectivity index is 1.94. The second-order valence-electron chi connectivity index (χ2n) is 4.55. The molecule has 0 aliphatic rings. The number of halogens is 2. The van der Waals surface area contributed by atoms with E-state index in [9.17, 15) is 5.11 Å². The summed E-state index contributed by atoms with van der Waals surface area (Å²) in [6.45, 7) is 2.50. The van der Waals surface area contributed by atoms with Gasteiger partial charge in [-0.2, -0.15) is 0 Å². The first-order chi connectivity index (χ1) is 10.6. The third-order valence-corrected chi connectivity index (χ3v) is 4.23. The fraction of sp³-hybridized carbons (Fsp3) is 0.400. The van der Waals surface area contributed by atoms with Crippen LogP contribution in [0.1, 0.15) is 5.69 Å². The lowest BCUT2D eigenvalue weighted by Crippen LogP contribution is -2.08. The molecule has 22 heavy (non-hydrogen) atoms. The molecule has 0 saturated carbocycles. The number of phenols is 1. The predicted octanol–water partition coefficient (Wildman–Crippen LogP) is 3.65. The topological polar surface area (TPSA) is 60.8 Å². The average molecular weight is 435 g/mol. The van der Waals surface area contributed by atoms with E-state index in [2.05, 4.69) is 36.8 Å². The minimum atomic E-state index is 0.128. The molecule has 0 amide bonds. The first-order valence-corrected chi connectivity index (χ1v) is 8.33. The van der Waals surface area contributed by atoms with Gasteiger partial charge < -0.3 is 19.3 Å². The minimum Gasteiger partial charge on any atom is -0.505 e. The summed E-state index contributed by atoms with van der Waals surface area (Å²) >= 11 is 6.77. The van der Waals surface area contributed by atoms with E-state index in [1.54, 1.807) is 13.2 Å². The summed E-state index contributed by atoms with van der Waals surface area (Å²) in [5, 5.41) is 11.0. The van der Waals surface area contributed by atoms with Crippen LogP contribution in [0.15, 0.2) is 27.1 Å². The average Bonchev–Trinajstić information content (AvgIpc) is 2.52. The third kappa shape index (κ3) is 4.63. The van der Waals surface area contributed by atoms with Gasteiger partial charge in [-0.3, -0.25) is 0 Å². The lowest BCUT2D eigenvalue weighted by atomic mass is 10.2. The van der Waals surface area contributed by atoms with Crippen LogP contribution < -0.4 is 0 Å². The second kappa shape index (κ2) is 8.79. The van der Waals surface area contributed by atoms with Crippen molar-refractivity contribution in [1.29, 1.82) is 0 Å². The minimum absolute atomic E-state index is 0.128. The number of hydrogen-bond donors (Lipinski definition) is 1. The van der Waals surface area contributed by atoms with Crippen LogP contribution in [0, 0.1) is 0 Å². The number of ether oxygens (including phenoxy) is 3. The van der Waals surface area contributed by atoms with Crippen LogP contribution >= 0.6 is 31.9 Å². The van der Waals surface area contributed by atoms with Crippen molar-refractivity contribution in [1.82, 2.24) is 4.98 Å². The molecule has 0 aliphatic heterocycles. The maximum atomic E-state index is 10.1. The number of hydrogen-bond acceptors (Lipinski definition) is 5. The van der Waals surface area contributed by atoms with Crippen molar-refractivity contribution >= 4 is 42.8 Å². The molecule has 0 radical (unpaired) electrons. The highest BCUT2D eigenvalue weighted by Gasteiger charge is 2.10. The molecule has 0 saturated heterocycles. The van der Waals surface area contributed by atoms with E-state index < -0.39 is 0 Å². The molecule has 1 aromatic heterocycles. The normalized spacial score (nSPS) is 11.2. The van der Waals surface area contributed by atoms with Crippen LogP contribution in [-0.2, 0) is 20.8 Å². The molecule has 7 heteroatoms. The van der Waals surface area contributed by atoms with Gasteiger partial charge in [-0.1, -0.05) is 15.9 Å². The van der Waals surface area contributed by atoms with Crippen molar-refractivity contribution in [3.63, 3.8) is 0 Å². The maximum Gasteiger partial charge on any atom is 0.156 e. The van der Waals surface area contributed by atoms with Gasteiger partial charge in [0.1, 0.15) is 5.52 Å². The zero-order valence-corrected chi connectivity index (χ0v) is 15.3. The monoisotopic (exact) mass is 433 g/mol. The van der Waals surface area contributed by atoms with Crippen molar-refractivity contribution in [2.24, 2.45) is 0 Å². The van der Waals surface area contributed by atoms with E-state index in [1.165, 1.54) is 0 Å². The fourth-order valence-electron chi connectivity index (χ4n) is 1.86. The zero-order chi connectivity index (χ0) is 15.9. The van der Waals surface area contributed by atoms with Gasteiger partial charge in [0.2, 0.25) is 0 Å². The van der Waals surface area contributed by atoms with E-state index >= 15 is 0 Å². The summed E-state index contributed by atoms with van der Waals surface area (Å²) in [6, 6.07) is 5.59. The van der Waals surface area contributed by atoms with Crippen molar-refractivity contribution in [3.05, 3.63) is 32.8 Å². The highest BCUT2D eigenvalue weighted by Crippen LogP contribution is 2.36. The van der Waals surface area contributed by atoms with E-state index in [-0.39, 0.29) is 5.75 Å². The largest absolute Gasteiger partial charge is 0.505 e. The molecule has 0 atom stereocenters. The Morgan fingerprint density at radius 2 is 1.77 bits per heavy atom. The van der Waals surface area contributed by atoms with Gasteiger partial charge in [0.25, 0.3) is 0 Å². The van der Waals surface area contributed by atoms with Crippen molar-refractivity contribution in [2.75, 3.05) is 33.5 Å². The third-order valence-electron chi connectivity index (χ3n) is 2.97. The second-order valence-corrected chi connectivity index (χ2v) is 6.25. The summed E-state index contributed by atoms with van der Waals surface area (Å²) in [5.74, 6) is 0.128. The molecule has 2 rings (SSSR count). The van der Waals surface area contributed by atoms with Crippen LogP contribution in [0.3, 0.4) is 0 Å². The summed E-state index contributed by atoms with van der Waals surface area (Å²) in [5.41, 5.74) is 1.29. The Labute approximate surface area is 145 Å². The molecule has 1 N–H and O–H groups in total. The number of aromatic nitrogens is 1.